The number of rotatable bonds is 8. The molecule has 4 aliphatic rings. The second-order valence-electron chi connectivity index (χ2n) is 14.5. The van der Waals surface area contributed by atoms with Gasteiger partial charge < -0.3 is 10.2 Å². The number of allylic oxidation sites excluding steroid dienone is 1. The maximum Gasteiger partial charge on any atom is 0.0602 e. The molecule has 0 aliphatic heterocycles. The highest BCUT2D eigenvalue weighted by Gasteiger charge is 2.58. The van der Waals surface area contributed by atoms with E-state index in [9.17, 15) is 14.4 Å². The van der Waals surface area contributed by atoms with Gasteiger partial charge in [0.1, 0.15) is 0 Å². The van der Waals surface area contributed by atoms with Crippen LogP contribution in [0.1, 0.15) is 105 Å². The molecule has 1 aromatic carbocycles. The smallest absolute Gasteiger partial charge is 0.0602 e. The zero-order valence-electron chi connectivity index (χ0n) is 24.5. The van der Waals surface area contributed by atoms with E-state index in [0.717, 1.165) is 54.8 Å². The molecule has 0 amide bonds. The average molecular weight is 541 g/mol. The van der Waals surface area contributed by atoms with Crippen LogP contribution in [-0.4, -0.2) is 31.9 Å². The lowest BCUT2D eigenvalue weighted by Gasteiger charge is -2.58. The third kappa shape index (κ3) is 5.00. The Morgan fingerprint density at radius 1 is 1.05 bits per heavy atom. The molecule has 3 nitrogen and oxygen atoms in total. The molecule has 3 saturated carbocycles. The summed E-state index contributed by atoms with van der Waals surface area (Å²) >= 11 is 0. The fraction of sp³-hybridized carbons (Fsp3) is 0.765. The monoisotopic (exact) mass is 540 g/mol. The van der Waals surface area contributed by atoms with Gasteiger partial charge >= 0.3 is 0 Å². The molecule has 0 radical (unpaired) electrons. The van der Waals surface area contributed by atoms with Crippen molar-refractivity contribution >= 4 is 10.8 Å². The maximum atomic E-state index is 14.0. The van der Waals surface area contributed by atoms with Crippen LogP contribution in [-0.2, 0) is 10.8 Å². The van der Waals surface area contributed by atoms with Crippen molar-refractivity contribution in [2.45, 2.75) is 128 Å². The predicted octanol–water partition coefficient (Wildman–Crippen LogP) is 7.68. The third-order valence-corrected chi connectivity index (χ3v) is 14.1. The quantitative estimate of drug-likeness (QED) is 0.333. The lowest BCUT2D eigenvalue weighted by Crippen LogP contribution is -2.50. The Balaban J connectivity index is 1.37. The summed E-state index contributed by atoms with van der Waals surface area (Å²) < 4.78 is 14.0. The first-order chi connectivity index (χ1) is 18.0. The SMILES string of the molecule is CCC(C)(C)C(O)CC(CC1CCC2C3CC=C4CC(O)CCC4(C)C3CCC12C)S(=O)c1ccccc1. The Bertz CT molecular complexity index is 1030. The van der Waals surface area contributed by atoms with E-state index in [4.69, 9.17) is 0 Å². The van der Waals surface area contributed by atoms with Crippen LogP contribution in [0.15, 0.2) is 46.9 Å². The van der Waals surface area contributed by atoms with E-state index in [1.54, 1.807) is 5.57 Å². The van der Waals surface area contributed by atoms with E-state index in [2.05, 4.69) is 40.7 Å². The van der Waals surface area contributed by atoms with Crippen LogP contribution < -0.4 is 0 Å². The van der Waals surface area contributed by atoms with Crippen molar-refractivity contribution in [3.63, 3.8) is 0 Å². The molecule has 0 bridgehead atoms. The Hall–Kier alpha value is -0.970. The molecule has 4 aliphatic carbocycles. The first-order valence-electron chi connectivity index (χ1n) is 15.5. The summed E-state index contributed by atoms with van der Waals surface area (Å²) in [6, 6.07) is 9.96. The van der Waals surface area contributed by atoms with E-state index >= 15 is 0 Å². The lowest BCUT2D eigenvalue weighted by molar-refractivity contribution is -0.0513. The molecule has 3 fully saturated rings. The molecule has 5 rings (SSSR count). The van der Waals surface area contributed by atoms with E-state index in [1.807, 2.05) is 30.3 Å². The van der Waals surface area contributed by atoms with E-state index in [-0.39, 0.29) is 22.2 Å². The van der Waals surface area contributed by atoms with E-state index < -0.39 is 16.9 Å². The highest BCUT2D eigenvalue weighted by molar-refractivity contribution is 7.85. The van der Waals surface area contributed by atoms with Crippen molar-refractivity contribution in [3.05, 3.63) is 42.0 Å². The van der Waals surface area contributed by atoms with Gasteiger partial charge in [0.05, 0.1) is 23.0 Å². The standard InChI is InChI=1S/C34H52O3S/c1-6-32(2,3)31(36)22-27(38(37)26-10-8-7-9-11-26)21-24-13-15-29-28-14-12-23-20-25(35)16-18-33(23,4)30(28)17-19-34(24,29)5/h7-12,24-25,27-31,35-36H,6,13-22H2,1-5H3. The molecule has 38 heavy (non-hydrogen) atoms. The number of hydrogen-bond acceptors (Lipinski definition) is 3. The van der Waals surface area contributed by atoms with Gasteiger partial charge in [0.25, 0.3) is 0 Å². The molecule has 0 saturated heterocycles. The van der Waals surface area contributed by atoms with Crippen LogP contribution in [0.3, 0.4) is 0 Å². The highest BCUT2D eigenvalue weighted by atomic mass is 32.2. The number of aliphatic hydroxyl groups excluding tert-OH is 2. The summed E-state index contributed by atoms with van der Waals surface area (Å²) in [5.74, 6) is 2.78. The van der Waals surface area contributed by atoms with Crippen LogP contribution in [0.5, 0.6) is 0 Å². The Morgan fingerprint density at radius 3 is 2.50 bits per heavy atom. The summed E-state index contributed by atoms with van der Waals surface area (Å²) in [6.45, 7) is 11.5. The van der Waals surface area contributed by atoms with Gasteiger partial charge in [0.2, 0.25) is 0 Å². The van der Waals surface area contributed by atoms with Gasteiger partial charge in [0.15, 0.2) is 0 Å². The summed E-state index contributed by atoms with van der Waals surface area (Å²) in [7, 11) is -1.12. The fourth-order valence-corrected chi connectivity index (χ4v) is 10.9. The lowest BCUT2D eigenvalue weighted by atomic mass is 9.47. The van der Waals surface area contributed by atoms with E-state index in [0.29, 0.717) is 17.8 Å². The molecule has 4 heteroatoms. The molecule has 1 aromatic rings. The molecule has 0 spiro atoms. The molecule has 0 aromatic heterocycles. The Kier molecular flexibility index (Phi) is 8.10. The number of fused-ring (bicyclic) bond motifs is 5. The van der Waals surface area contributed by atoms with Crippen molar-refractivity contribution < 1.29 is 14.4 Å². The maximum absolute atomic E-state index is 14.0. The van der Waals surface area contributed by atoms with Crippen LogP contribution >= 0.6 is 0 Å². The van der Waals surface area contributed by atoms with Crippen molar-refractivity contribution in [2.75, 3.05) is 0 Å². The van der Waals surface area contributed by atoms with Crippen molar-refractivity contribution in [1.82, 2.24) is 0 Å². The molecule has 0 heterocycles. The van der Waals surface area contributed by atoms with Gasteiger partial charge in [-0.15, -0.1) is 0 Å². The van der Waals surface area contributed by atoms with Gasteiger partial charge in [-0.3, -0.25) is 4.21 Å². The zero-order chi connectivity index (χ0) is 27.3. The Morgan fingerprint density at radius 2 is 1.79 bits per heavy atom. The predicted molar refractivity (Wildman–Crippen MR) is 157 cm³/mol. The largest absolute Gasteiger partial charge is 0.393 e. The average Bonchev–Trinajstić information content (AvgIpc) is 3.24. The van der Waals surface area contributed by atoms with E-state index in [1.165, 1.54) is 32.1 Å². The summed E-state index contributed by atoms with van der Waals surface area (Å²) in [6.07, 6.45) is 13.6. The summed E-state index contributed by atoms with van der Waals surface area (Å²) in [5, 5.41) is 21.6. The normalized spacial score (nSPS) is 39.3. The van der Waals surface area contributed by atoms with Crippen LogP contribution in [0.2, 0.25) is 0 Å². The molecule has 10 unspecified atom stereocenters. The van der Waals surface area contributed by atoms with Crippen molar-refractivity contribution in [1.29, 1.82) is 0 Å². The highest BCUT2D eigenvalue weighted by Crippen LogP contribution is 2.67. The molecular formula is C34H52O3S. The first kappa shape index (κ1) is 28.6. The fourth-order valence-electron chi connectivity index (χ4n) is 9.28. The second kappa shape index (κ2) is 10.8. The Labute approximate surface area is 234 Å². The van der Waals surface area contributed by atoms with Gasteiger partial charge in [-0.2, -0.15) is 0 Å². The van der Waals surface area contributed by atoms with Crippen molar-refractivity contribution in [2.24, 2.45) is 39.9 Å². The number of aliphatic hydroxyl groups is 2. The van der Waals surface area contributed by atoms with Gasteiger partial charge in [-0.05, 0) is 123 Å². The molecular weight excluding hydrogens is 488 g/mol. The summed E-state index contributed by atoms with van der Waals surface area (Å²) in [4.78, 5) is 0.903. The third-order valence-electron chi connectivity index (χ3n) is 12.4. The van der Waals surface area contributed by atoms with Crippen LogP contribution in [0, 0.1) is 39.9 Å². The van der Waals surface area contributed by atoms with Gasteiger partial charge in [-0.25, -0.2) is 0 Å². The minimum atomic E-state index is -1.12. The van der Waals surface area contributed by atoms with Crippen molar-refractivity contribution in [3.8, 4) is 0 Å². The minimum Gasteiger partial charge on any atom is -0.393 e. The van der Waals surface area contributed by atoms with Gasteiger partial charge in [0, 0.05) is 10.1 Å². The number of benzene rings is 1. The topological polar surface area (TPSA) is 57.5 Å². The second-order valence-corrected chi connectivity index (χ2v) is 16.3. The zero-order valence-corrected chi connectivity index (χ0v) is 25.3. The van der Waals surface area contributed by atoms with Crippen LogP contribution in [0.4, 0.5) is 0 Å². The molecule has 212 valence electrons. The van der Waals surface area contributed by atoms with Crippen LogP contribution in [0.25, 0.3) is 0 Å². The molecule has 10 atom stereocenters. The minimum absolute atomic E-state index is 0.0215. The summed E-state index contributed by atoms with van der Waals surface area (Å²) in [5.41, 5.74) is 1.94. The molecule has 2 N–H and O–H groups in total. The van der Waals surface area contributed by atoms with Gasteiger partial charge in [-0.1, -0.05) is 64.5 Å². The number of hydrogen-bond donors (Lipinski definition) is 2. The first-order valence-corrected chi connectivity index (χ1v) is 16.7.